The number of benzene rings is 1. The predicted molar refractivity (Wildman–Crippen MR) is 47.7 cm³/mol. The standard InChI is InChI=1S/C9H10ClNO/c10-9(12)8(11)6-7-4-2-1-3-5-7/h1-5,8H,6,11H2/p+1/t8-/m0/s1. The average molecular weight is 185 g/mol. The Labute approximate surface area is 76.3 Å². The predicted octanol–water partition coefficient (Wildman–Crippen LogP) is 0.605. The van der Waals surface area contributed by atoms with Gasteiger partial charge in [-0.15, -0.1) is 0 Å². The summed E-state index contributed by atoms with van der Waals surface area (Å²) in [5.41, 5.74) is 4.74. The van der Waals surface area contributed by atoms with Crippen LogP contribution in [0.4, 0.5) is 0 Å². The highest BCUT2D eigenvalue weighted by Crippen LogP contribution is 2.02. The molecule has 0 aromatic heterocycles. The van der Waals surface area contributed by atoms with Crippen LogP contribution in [0.3, 0.4) is 0 Å². The zero-order chi connectivity index (χ0) is 8.97. The van der Waals surface area contributed by atoms with Crippen LogP contribution in [0.5, 0.6) is 0 Å². The van der Waals surface area contributed by atoms with Crippen molar-refractivity contribution in [3.8, 4) is 0 Å². The first-order chi connectivity index (χ1) is 5.70. The van der Waals surface area contributed by atoms with Crippen LogP contribution >= 0.6 is 11.6 Å². The Morgan fingerprint density at radius 1 is 1.42 bits per heavy atom. The number of carbonyl (C=O) groups is 1. The van der Waals surface area contributed by atoms with E-state index in [1.807, 2.05) is 30.3 Å². The van der Waals surface area contributed by atoms with Gasteiger partial charge in [-0.25, -0.2) is 0 Å². The number of hydrogen-bond acceptors (Lipinski definition) is 1. The summed E-state index contributed by atoms with van der Waals surface area (Å²) in [5, 5.41) is -0.376. The minimum atomic E-state index is -0.376. The molecule has 0 heterocycles. The summed E-state index contributed by atoms with van der Waals surface area (Å²) in [6.45, 7) is 0. The Kier molecular flexibility index (Phi) is 3.26. The molecule has 64 valence electrons. The molecule has 0 aliphatic carbocycles. The molecule has 2 nitrogen and oxygen atoms in total. The molecule has 12 heavy (non-hydrogen) atoms. The lowest BCUT2D eigenvalue weighted by Gasteiger charge is -2.02. The van der Waals surface area contributed by atoms with Crippen LogP contribution in [0.15, 0.2) is 30.3 Å². The van der Waals surface area contributed by atoms with Gasteiger partial charge in [0.2, 0.25) is 0 Å². The highest BCUT2D eigenvalue weighted by molar-refractivity contribution is 6.64. The smallest absolute Gasteiger partial charge is 0.279 e. The molecule has 0 aliphatic heterocycles. The van der Waals surface area contributed by atoms with Gasteiger partial charge in [0.25, 0.3) is 5.24 Å². The summed E-state index contributed by atoms with van der Waals surface area (Å²) in [7, 11) is 0. The lowest BCUT2D eigenvalue weighted by atomic mass is 10.1. The second-order valence-corrected chi connectivity index (χ2v) is 3.06. The molecular formula is C9H11ClNO+. The van der Waals surface area contributed by atoms with E-state index in [0.717, 1.165) is 5.56 Å². The normalized spacial score (nSPS) is 12.5. The van der Waals surface area contributed by atoms with E-state index < -0.39 is 0 Å². The van der Waals surface area contributed by atoms with E-state index in [4.69, 9.17) is 11.6 Å². The molecule has 0 unspecified atom stereocenters. The summed E-state index contributed by atoms with van der Waals surface area (Å²) >= 11 is 5.28. The second kappa shape index (κ2) is 4.24. The molecule has 1 aromatic carbocycles. The quantitative estimate of drug-likeness (QED) is 0.688. The fourth-order valence-electron chi connectivity index (χ4n) is 0.979. The Morgan fingerprint density at radius 2 is 2.00 bits per heavy atom. The summed E-state index contributed by atoms with van der Waals surface area (Å²) in [6.07, 6.45) is 0.614. The number of rotatable bonds is 3. The summed E-state index contributed by atoms with van der Waals surface area (Å²) in [6, 6.07) is 9.37. The molecule has 0 aliphatic rings. The van der Waals surface area contributed by atoms with Crippen LogP contribution in [-0.2, 0) is 11.2 Å². The maximum absolute atomic E-state index is 10.7. The molecule has 3 heteroatoms. The van der Waals surface area contributed by atoms with Crippen molar-refractivity contribution in [1.82, 2.24) is 0 Å². The first kappa shape index (κ1) is 9.23. The molecule has 0 amide bonds. The minimum Gasteiger partial charge on any atom is -0.348 e. The SMILES string of the molecule is [NH3+][C@@H](Cc1ccccc1)C(=O)Cl. The van der Waals surface area contributed by atoms with Crippen molar-refractivity contribution in [2.75, 3.05) is 0 Å². The topological polar surface area (TPSA) is 44.7 Å². The molecule has 1 atom stereocenters. The van der Waals surface area contributed by atoms with Crippen LogP contribution in [0.1, 0.15) is 5.56 Å². The Bertz CT molecular complexity index is 260. The molecule has 0 fully saturated rings. The highest BCUT2D eigenvalue weighted by Gasteiger charge is 2.14. The van der Waals surface area contributed by atoms with Gasteiger partial charge in [-0.2, -0.15) is 0 Å². The van der Waals surface area contributed by atoms with Gasteiger partial charge >= 0.3 is 0 Å². The number of hydrogen-bond donors (Lipinski definition) is 1. The van der Waals surface area contributed by atoms with Crippen molar-refractivity contribution in [3.63, 3.8) is 0 Å². The van der Waals surface area contributed by atoms with Crippen molar-refractivity contribution in [3.05, 3.63) is 35.9 Å². The molecule has 3 N–H and O–H groups in total. The lowest BCUT2D eigenvalue weighted by Crippen LogP contribution is -2.64. The van der Waals surface area contributed by atoms with Crippen LogP contribution in [0.2, 0.25) is 0 Å². The van der Waals surface area contributed by atoms with Crippen molar-refractivity contribution >= 4 is 16.8 Å². The molecular weight excluding hydrogens is 174 g/mol. The maximum atomic E-state index is 10.7. The van der Waals surface area contributed by atoms with Crippen molar-refractivity contribution < 1.29 is 10.5 Å². The van der Waals surface area contributed by atoms with E-state index in [-0.39, 0.29) is 11.3 Å². The van der Waals surface area contributed by atoms with Gasteiger partial charge in [0.1, 0.15) is 0 Å². The van der Waals surface area contributed by atoms with Crippen molar-refractivity contribution in [2.45, 2.75) is 12.5 Å². The summed E-state index contributed by atoms with van der Waals surface area (Å²) in [5.74, 6) is 0. The summed E-state index contributed by atoms with van der Waals surface area (Å²) in [4.78, 5) is 10.7. The summed E-state index contributed by atoms with van der Waals surface area (Å²) < 4.78 is 0. The van der Waals surface area contributed by atoms with Gasteiger partial charge in [-0.05, 0) is 17.2 Å². The fourth-order valence-corrected chi connectivity index (χ4v) is 1.06. The van der Waals surface area contributed by atoms with E-state index in [1.165, 1.54) is 0 Å². The van der Waals surface area contributed by atoms with Gasteiger partial charge in [0.15, 0.2) is 6.04 Å². The monoisotopic (exact) mass is 184 g/mol. The van der Waals surface area contributed by atoms with E-state index in [0.29, 0.717) is 6.42 Å². The Balaban J connectivity index is 2.58. The third-order valence-electron chi connectivity index (χ3n) is 1.65. The molecule has 1 rings (SSSR count). The van der Waals surface area contributed by atoms with Gasteiger partial charge in [0, 0.05) is 6.42 Å². The third-order valence-corrected chi connectivity index (χ3v) is 1.95. The molecule has 1 aromatic rings. The Hall–Kier alpha value is -0.860. The van der Waals surface area contributed by atoms with Crippen molar-refractivity contribution in [1.29, 1.82) is 0 Å². The number of halogens is 1. The van der Waals surface area contributed by atoms with Crippen LogP contribution < -0.4 is 5.73 Å². The first-order valence-electron chi connectivity index (χ1n) is 3.76. The maximum Gasteiger partial charge on any atom is 0.279 e. The number of carbonyl (C=O) groups excluding carboxylic acids is 1. The van der Waals surface area contributed by atoms with Gasteiger partial charge < -0.3 is 5.73 Å². The molecule has 0 bridgehead atoms. The van der Waals surface area contributed by atoms with E-state index in [9.17, 15) is 4.79 Å². The van der Waals surface area contributed by atoms with Crippen molar-refractivity contribution in [2.24, 2.45) is 0 Å². The average Bonchev–Trinajstić information content (AvgIpc) is 2.06. The third kappa shape index (κ3) is 2.64. The van der Waals surface area contributed by atoms with Crippen LogP contribution in [0.25, 0.3) is 0 Å². The first-order valence-corrected chi connectivity index (χ1v) is 4.14. The highest BCUT2D eigenvalue weighted by atomic mass is 35.5. The largest absolute Gasteiger partial charge is 0.348 e. The molecule has 0 spiro atoms. The molecule has 0 saturated carbocycles. The fraction of sp³-hybridized carbons (Fsp3) is 0.222. The van der Waals surface area contributed by atoms with E-state index in [2.05, 4.69) is 5.73 Å². The van der Waals surface area contributed by atoms with Crippen LogP contribution in [0, 0.1) is 0 Å². The van der Waals surface area contributed by atoms with Gasteiger partial charge in [-0.3, -0.25) is 4.79 Å². The van der Waals surface area contributed by atoms with Gasteiger partial charge in [-0.1, -0.05) is 30.3 Å². The Morgan fingerprint density at radius 3 is 2.50 bits per heavy atom. The second-order valence-electron chi connectivity index (χ2n) is 2.69. The van der Waals surface area contributed by atoms with E-state index in [1.54, 1.807) is 0 Å². The van der Waals surface area contributed by atoms with E-state index >= 15 is 0 Å². The number of quaternary nitrogens is 1. The van der Waals surface area contributed by atoms with Crippen LogP contribution in [-0.4, -0.2) is 11.3 Å². The zero-order valence-electron chi connectivity index (χ0n) is 6.66. The van der Waals surface area contributed by atoms with Gasteiger partial charge in [0.05, 0.1) is 0 Å². The minimum absolute atomic E-state index is 0.339. The molecule has 0 saturated heterocycles. The zero-order valence-corrected chi connectivity index (χ0v) is 7.42. The molecule has 0 radical (unpaired) electrons. The lowest BCUT2D eigenvalue weighted by molar-refractivity contribution is -0.400.